The number of rotatable bonds is 2. The lowest BCUT2D eigenvalue weighted by atomic mass is 9.97. The van der Waals surface area contributed by atoms with Crippen molar-refractivity contribution in [2.75, 3.05) is 0 Å². The fourth-order valence-electron chi connectivity index (χ4n) is 2.63. The van der Waals surface area contributed by atoms with E-state index in [9.17, 15) is 10.1 Å². The zero-order chi connectivity index (χ0) is 16.8. The fourth-order valence-corrected chi connectivity index (χ4v) is 3.40. The van der Waals surface area contributed by atoms with E-state index >= 15 is 0 Å². The zero-order valence-corrected chi connectivity index (χ0v) is 14.4. The van der Waals surface area contributed by atoms with Gasteiger partial charge in [0.1, 0.15) is 6.07 Å². The molecule has 0 spiro atoms. The molecule has 3 aromatic heterocycles. The lowest BCUT2D eigenvalue weighted by Gasteiger charge is -2.18. The third kappa shape index (κ3) is 2.68. The lowest BCUT2D eigenvalue weighted by Crippen LogP contribution is -2.27. The molecule has 0 saturated heterocycles. The Morgan fingerprint density at radius 2 is 2.04 bits per heavy atom. The molecule has 0 amide bonds. The molecule has 0 N–H and O–H groups in total. The molecule has 0 aliphatic heterocycles. The van der Waals surface area contributed by atoms with E-state index in [0.717, 1.165) is 16.8 Å². The topological polar surface area (TPSA) is 63.6 Å². The molecule has 0 unspecified atom stereocenters. The minimum Gasteiger partial charge on any atom is -0.290 e. The highest BCUT2D eigenvalue weighted by atomic mass is 32.1. The first-order chi connectivity index (χ1) is 10.8. The summed E-state index contributed by atoms with van der Waals surface area (Å²) in [6.45, 7) is 6.94. The maximum absolute atomic E-state index is 12.5. The molecule has 3 aromatic rings. The Bertz CT molecular complexity index is 979. The second kappa shape index (κ2) is 5.36. The maximum Gasteiger partial charge on any atom is 0.330 e. The molecule has 0 atom stereocenters. The zero-order valence-electron chi connectivity index (χ0n) is 13.6. The van der Waals surface area contributed by atoms with Crippen LogP contribution in [-0.4, -0.2) is 14.1 Å². The summed E-state index contributed by atoms with van der Waals surface area (Å²) in [5.41, 5.74) is 3.55. The summed E-state index contributed by atoms with van der Waals surface area (Å²) >= 11 is 1.48. The number of aryl methyl sites for hydroxylation is 1. The molecular formula is C17H18N4OS. The second-order valence-electron chi connectivity index (χ2n) is 6.84. The van der Waals surface area contributed by atoms with Crippen molar-refractivity contribution in [1.82, 2.24) is 14.1 Å². The number of pyridine rings is 1. The van der Waals surface area contributed by atoms with Gasteiger partial charge in [-0.05, 0) is 17.5 Å². The van der Waals surface area contributed by atoms with Crippen LogP contribution in [0.2, 0.25) is 0 Å². The number of fused-ring (bicyclic) bond motifs is 1. The number of imidazole rings is 1. The van der Waals surface area contributed by atoms with E-state index in [2.05, 4.69) is 31.8 Å². The third-order valence-electron chi connectivity index (χ3n) is 3.67. The average Bonchev–Trinajstić information content (AvgIpc) is 3.05. The Labute approximate surface area is 138 Å². The van der Waals surface area contributed by atoms with Crippen molar-refractivity contribution in [2.24, 2.45) is 12.5 Å². The van der Waals surface area contributed by atoms with Gasteiger partial charge in [0.05, 0.1) is 16.8 Å². The minimum atomic E-state index is -0.0644. The molecule has 5 nitrogen and oxygen atoms in total. The van der Waals surface area contributed by atoms with Crippen molar-refractivity contribution in [1.29, 1.82) is 5.26 Å². The van der Waals surface area contributed by atoms with Crippen molar-refractivity contribution in [3.05, 3.63) is 38.9 Å². The number of thiophene rings is 1. The van der Waals surface area contributed by atoms with E-state index in [1.54, 1.807) is 16.2 Å². The van der Waals surface area contributed by atoms with E-state index in [1.807, 2.05) is 22.9 Å². The Balaban J connectivity index is 2.21. The van der Waals surface area contributed by atoms with Crippen molar-refractivity contribution >= 4 is 22.5 Å². The number of nitriles is 1. The summed E-state index contributed by atoms with van der Waals surface area (Å²) < 4.78 is 3.34. The molecule has 23 heavy (non-hydrogen) atoms. The van der Waals surface area contributed by atoms with Crippen LogP contribution in [0.3, 0.4) is 0 Å². The van der Waals surface area contributed by atoms with E-state index in [0.29, 0.717) is 17.8 Å². The van der Waals surface area contributed by atoms with E-state index < -0.39 is 0 Å². The normalized spacial score (nSPS) is 11.8. The minimum absolute atomic E-state index is 0.00187. The molecule has 0 radical (unpaired) electrons. The van der Waals surface area contributed by atoms with Crippen molar-refractivity contribution in [2.45, 2.75) is 27.3 Å². The molecule has 3 heterocycles. The average molecular weight is 326 g/mol. The second-order valence-corrected chi connectivity index (χ2v) is 7.58. The van der Waals surface area contributed by atoms with Gasteiger partial charge in [-0.2, -0.15) is 16.6 Å². The summed E-state index contributed by atoms with van der Waals surface area (Å²) in [7, 11) is 1.74. The molecule has 3 rings (SSSR count). The molecule has 0 aromatic carbocycles. The van der Waals surface area contributed by atoms with E-state index in [4.69, 9.17) is 0 Å². The predicted molar refractivity (Wildman–Crippen MR) is 92.5 cm³/mol. The van der Waals surface area contributed by atoms with Crippen LogP contribution >= 0.6 is 11.3 Å². The van der Waals surface area contributed by atoms with Gasteiger partial charge < -0.3 is 0 Å². The number of hydrogen-bond donors (Lipinski definition) is 0. The molecule has 0 aliphatic rings. The highest BCUT2D eigenvalue weighted by Crippen LogP contribution is 2.27. The lowest BCUT2D eigenvalue weighted by molar-refractivity contribution is 0.342. The van der Waals surface area contributed by atoms with Crippen LogP contribution in [0.25, 0.3) is 22.4 Å². The van der Waals surface area contributed by atoms with Gasteiger partial charge in [0, 0.05) is 29.9 Å². The molecule has 6 heteroatoms. The van der Waals surface area contributed by atoms with Gasteiger partial charge in [0.25, 0.3) is 0 Å². The summed E-state index contributed by atoms with van der Waals surface area (Å²) in [6, 6.07) is 5.98. The maximum atomic E-state index is 12.5. The summed E-state index contributed by atoms with van der Waals surface area (Å²) in [5, 5.41) is 12.9. The highest BCUT2D eigenvalue weighted by Gasteiger charge is 2.19. The Morgan fingerprint density at radius 1 is 1.30 bits per heavy atom. The van der Waals surface area contributed by atoms with Crippen molar-refractivity contribution < 1.29 is 0 Å². The number of nitrogens with zero attached hydrogens (tertiary/aromatic N) is 4. The highest BCUT2D eigenvalue weighted by molar-refractivity contribution is 7.08. The standard InChI is InChI=1S/C17H18N4OS/c1-17(2,3)10-21-14-6-5-13(12-9-23-8-11(12)7-18)19-15(14)20(4)16(21)22/h5-6,8-9H,10H2,1-4H3. The van der Waals surface area contributed by atoms with Crippen LogP contribution in [0.1, 0.15) is 26.3 Å². The first-order valence-corrected chi connectivity index (χ1v) is 8.29. The summed E-state index contributed by atoms with van der Waals surface area (Å²) in [4.78, 5) is 17.2. The summed E-state index contributed by atoms with van der Waals surface area (Å²) in [6.07, 6.45) is 0. The van der Waals surface area contributed by atoms with Crippen LogP contribution in [-0.2, 0) is 13.6 Å². The van der Waals surface area contributed by atoms with Gasteiger partial charge in [-0.1, -0.05) is 20.8 Å². The molecule has 118 valence electrons. The predicted octanol–water partition coefficient (Wildman–Crippen LogP) is 3.38. The molecule has 0 fully saturated rings. The van der Waals surface area contributed by atoms with Crippen LogP contribution < -0.4 is 5.69 Å². The van der Waals surface area contributed by atoms with E-state index in [1.165, 1.54) is 11.3 Å². The third-order valence-corrected chi connectivity index (χ3v) is 4.42. The molecular weight excluding hydrogens is 308 g/mol. The van der Waals surface area contributed by atoms with Gasteiger partial charge in [0.2, 0.25) is 0 Å². The Kier molecular flexibility index (Phi) is 3.61. The van der Waals surface area contributed by atoms with Crippen LogP contribution in [0.15, 0.2) is 27.7 Å². The van der Waals surface area contributed by atoms with Crippen LogP contribution in [0.5, 0.6) is 0 Å². The monoisotopic (exact) mass is 326 g/mol. The van der Waals surface area contributed by atoms with Gasteiger partial charge in [-0.25, -0.2) is 9.78 Å². The molecule has 0 saturated carbocycles. The Morgan fingerprint density at radius 3 is 2.70 bits per heavy atom. The quantitative estimate of drug-likeness (QED) is 0.725. The summed E-state index contributed by atoms with van der Waals surface area (Å²) in [5.74, 6) is 0. The van der Waals surface area contributed by atoms with Gasteiger partial charge in [-0.15, -0.1) is 0 Å². The van der Waals surface area contributed by atoms with E-state index in [-0.39, 0.29) is 11.1 Å². The van der Waals surface area contributed by atoms with Crippen LogP contribution in [0.4, 0.5) is 0 Å². The first-order valence-electron chi connectivity index (χ1n) is 7.35. The first kappa shape index (κ1) is 15.5. The fraction of sp³-hybridized carbons (Fsp3) is 0.353. The number of hydrogen-bond acceptors (Lipinski definition) is 4. The SMILES string of the molecule is Cn1c(=O)n(CC(C)(C)C)c2ccc(-c3cscc3C#N)nc21. The van der Waals surface area contributed by atoms with Gasteiger partial charge in [-0.3, -0.25) is 9.13 Å². The van der Waals surface area contributed by atoms with Gasteiger partial charge >= 0.3 is 5.69 Å². The Hall–Kier alpha value is -2.39. The van der Waals surface area contributed by atoms with Crippen LogP contribution in [0, 0.1) is 16.7 Å². The smallest absolute Gasteiger partial charge is 0.290 e. The molecule has 0 bridgehead atoms. The van der Waals surface area contributed by atoms with Crippen molar-refractivity contribution in [3.63, 3.8) is 0 Å². The largest absolute Gasteiger partial charge is 0.330 e. The van der Waals surface area contributed by atoms with Crippen molar-refractivity contribution in [3.8, 4) is 17.3 Å². The molecule has 0 aliphatic carbocycles. The number of aromatic nitrogens is 3. The van der Waals surface area contributed by atoms with Gasteiger partial charge in [0.15, 0.2) is 5.65 Å².